The Bertz CT molecular complexity index is 4540. The van der Waals surface area contributed by atoms with E-state index in [1.165, 1.54) is 37.4 Å². The van der Waals surface area contributed by atoms with Gasteiger partial charge in [0.2, 0.25) is 75.0 Å². The monoisotopic (exact) mass is 1350 g/mol. The Labute approximate surface area is 505 Å². The van der Waals surface area contributed by atoms with Crippen molar-refractivity contribution >= 4 is 10.1 Å². The predicted molar refractivity (Wildman–Crippen MR) is 278 cm³/mol. The van der Waals surface area contributed by atoms with Gasteiger partial charge >= 0.3 is 12.4 Å². The van der Waals surface area contributed by atoms with Crippen molar-refractivity contribution in [3.63, 3.8) is 0 Å². The molecule has 9 aromatic rings. The molecule has 0 heterocycles. The number of methoxy groups -OCH3 is 2. The minimum atomic E-state index is -6.54. The molecule has 0 aliphatic heterocycles. The average Bonchev–Trinajstić information content (AvgIpc) is 0.720. The number of halogens is 22. The van der Waals surface area contributed by atoms with Crippen LogP contribution in [0.25, 0.3) is 33.4 Å². The second kappa shape index (κ2) is 24.7. The van der Waals surface area contributed by atoms with Gasteiger partial charge in [0.25, 0.3) is 10.1 Å². The van der Waals surface area contributed by atoms with Crippen LogP contribution in [0.4, 0.5) is 96.6 Å². The lowest BCUT2D eigenvalue weighted by molar-refractivity contribution is -0.288. The summed E-state index contributed by atoms with van der Waals surface area (Å²) in [5.74, 6) is -55.3. The van der Waals surface area contributed by atoms with Crippen LogP contribution in [0.2, 0.25) is 0 Å². The summed E-state index contributed by atoms with van der Waals surface area (Å²) < 4.78 is 403. The average molecular weight is 1350 g/mol. The van der Waals surface area contributed by atoms with Crippen LogP contribution in [0.5, 0.6) is 57.5 Å². The maximum absolute atomic E-state index is 15.7. The fourth-order valence-corrected chi connectivity index (χ4v) is 9.93. The molecule has 9 aromatic carbocycles. The van der Waals surface area contributed by atoms with Crippen LogP contribution in [-0.2, 0) is 15.5 Å². The summed E-state index contributed by atoms with van der Waals surface area (Å²) >= 11 is 0. The summed E-state index contributed by atoms with van der Waals surface area (Å²) in [6.45, 7) is 0. The van der Waals surface area contributed by atoms with Crippen molar-refractivity contribution in [1.29, 1.82) is 0 Å². The van der Waals surface area contributed by atoms with E-state index in [4.69, 9.17) is 25.4 Å². The topological polar surface area (TPSA) is 110 Å². The smallest absolute Gasteiger partial charge is 0.411 e. The van der Waals surface area contributed by atoms with Crippen molar-refractivity contribution in [2.24, 2.45) is 0 Å². The van der Waals surface area contributed by atoms with E-state index in [1.807, 2.05) is 0 Å². The van der Waals surface area contributed by atoms with E-state index in [9.17, 15) is 13.0 Å². The highest BCUT2D eigenvalue weighted by atomic mass is 32.2. The van der Waals surface area contributed by atoms with E-state index >= 15 is 96.6 Å². The lowest BCUT2D eigenvalue weighted by atomic mass is 9.73. The van der Waals surface area contributed by atoms with Crippen LogP contribution in [-0.4, -0.2) is 39.5 Å². The summed E-state index contributed by atoms with van der Waals surface area (Å²) in [6.07, 6.45) is -7.71. The van der Waals surface area contributed by atoms with Gasteiger partial charge in [0.1, 0.15) is 39.4 Å². The molecule has 9 nitrogen and oxygen atoms in total. The number of alkyl halides is 6. The van der Waals surface area contributed by atoms with Gasteiger partial charge in [-0.1, -0.05) is 42.3 Å². The molecule has 0 saturated carbocycles. The van der Waals surface area contributed by atoms with Gasteiger partial charge in [-0.25, -0.2) is 35.1 Å². The lowest BCUT2D eigenvalue weighted by Gasteiger charge is -2.38. The van der Waals surface area contributed by atoms with E-state index in [2.05, 4.69) is 15.4 Å². The summed E-state index contributed by atoms with van der Waals surface area (Å²) in [5.41, 5.74) is -18.0. The second-order valence-electron chi connectivity index (χ2n) is 18.9. The first-order valence-corrected chi connectivity index (χ1v) is 26.4. The Kier molecular flexibility index (Phi) is 17.8. The van der Waals surface area contributed by atoms with Gasteiger partial charge in [-0.2, -0.15) is 69.9 Å². The Morgan fingerprint density at radius 3 is 1.00 bits per heavy atom. The largest absolute Gasteiger partial charge is 0.497 e. The Hall–Kier alpha value is -10.3. The zero-order chi connectivity index (χ0) is 68.5. The molecule has 484 valence electrons. The minimum absolute atomic E-state index is 0.0721. The third kappa shape index (κ3) is 11.6. The SMILES string of the molecule is C#Cc1ccc(-c2cc(Oc3c(F)c(F)c(-c4c(F)c(F)c(Oc5ccc(C(c6ccc(Oc7c(F)c(F)c(-c8c(F)c(F)c(Oc9ccc(OC)cc9S(=O)(=O)O)c(F)c8F)c(F)c7F)cc6)(C(F)(F)F)C(F)(F)F)cc5)c(F)c4F)c(F)c3F)ccc2OC)cc1. The molecule has 0 unspecified atom stereocenters. The molecule has 32 heteroatoms. The number of hydrogen-bond acceptors (Lipinski definition) is 8. The van der Waals surface area contributed by atoms with E-state index in [1.54, 1.807) is 0 Å². The molecule has 0 saturated heterocycles. The van der Waals surface area contributed by atoms with Crippen molar-refractivity contribution < 1.29 is 138 Å². The number of hydrogen-bond donors (Lipinski definition) is 1. The Morgan fingerprint density at radius 1 is 0.376 bits per heavy atom. The summed E-state index contributed by atoms with van der Waals surface area (Å²) in [6, 6.07) is 11.1. The van der Waals surface area contributed by atoms with Gasteiger partial charge in [-0.05, 0) is 83.4 Å². The van der Waals surface area contributed by atoms with Crippen LogP contribution in [0.15, 0.2) is 114 Å². The first-order chi connectivity index (χ1) is 43.5. The molecule has 0 aromatic heterocycles. The molecular weight excluding hydrogens is 1330 g/mol. The minimum Gasteiger partial charge on any atom is -0.497 e. The van der Waals surface area contributed by atoms with Gasteiger partial charge in [-0.3, -0.25) is 4.55 Å². The third-order valence-electron chi connectivity index (χ3n) is 13.7. The molecular formula is C61H26F22O9S. The molecule has 0 fully saturated rings. The maximum Gasteiger partial charge on any atom is 0.411 e. The molecule has 0 aliphatic carbocycles. The van der Waals surface area contributed by atoms with Crippen LogP contribution in [0, 0.1) is 105 Å². The quantitative estimate of drug-likeness (QED) is 0.0438. The van der Waals surface area contributed by atoms with Gasteiger partial charge in [0.05, 0.1) is 36.5 Å². The predicted octanol–water partition coefficient (Wildman–Crippen LogP) is 18.7. The Morgan fingerprint density at radius 2 is 0.688 bits per heavy atom. The normalized spacial score (nSPS) is 12.0. The van der Waals surface area contributed by atoms with E-state index < -0.39 is 205 Å². The fourth-order valence-electron chi connectivity index (χ4n) is 9.30. The molecule has 0 radical (unpaired) electrons. The van der Waals surface area contributed by atoms with E-state index in [0.717, 1.165) is 25.3 Å². The standard InChI is InChI=1S/C61H26F22O9S/c1-4-23-5-7-24(8-6-23)31-21-30(18-19-32(31)88-3)91-57-51(74)43(66)36(44(67)52(57)75)35-39(62)47(70)55(48(71)40(35)63)89-27-13-9-25(10-14-27)59(60(78,79)80,61(81,82)83)26-11-15-28(16-12-26)90-56-49(72)41(64)37(42(65)50(56)73)38-45(68)53(76)58(54(77)46(38)69)92-33-20-17-29(87-2)22-34(33)93(84,85)86/h1,5-22H,2-3H3,(H,84,85,86). The van der Waals surface area contributed by atoms with Gasteiger partial charge < -0.3 is 28.4 Å². The molecule has 0 bridgehead atoms. The van der Waals surface area contributed by atoms with Crippen molar-refractivity contribution in [2.45, 2.75) is 22.7 Å². The third-order valence-corrected chi connectivity index (χ3v) is 14.5. The molecule has 0 spiro atoms. The Balaban J connectivity index is 0.998. The highest BCUT2D eigenvalue weighted by Crippen LogP contribution is 2.57. The highest BCUT2D eigenvalue weighted by molar-refractivity contribution is 7.86. The van der Waals surface area contributed by atoms with E-state index in [0.29, 0.717) is 23.3 Å². The first-order valence-electron chi connectivity index (χ1n) is 25.0. The zero-order valence-corrected chi connectivity index (χ0v) is 46.2. The number of ether oxygens (including phenoxy) is 6. The first kappa shape index (κ1) is 67.1. The molecule has 0 amide bonds. The lowest BCUT2D eigenvalue weighted by Crippen LogP contribution is -2.54. The fraction of sp³-hybridized carbons (Fsp3) is 0.0820. The van der Waals surface area contributed by atoms with Gasteiger partial charge in [-0.15, -0.1) is 6.42 Å². The zero-order valence-electron chi connectivity index (χ0n) is 45.4. The molecule has 1 N–H and O–H groups in total. The number of benzene rings is 9. The van der Waals surface area contributed by atoms with Crippen molar-refractivity contribution in [2.75, 3.05) is 14.2 Å². The van der Waals surface area contributed by atoms with Crippen molar-refractivity contribution in [1.82, 2.24) is 0 Å². The van der Waals surface area contributed by atoms with Crippen molar-refractivity contribution in [3.8, 4) is 103 Å². The second-order valence-corrected chi connectivity index (χ2v) is 20.3. The highest BCUT2D eigenvalue weighted by Gasteiger charge is 2.72. The molecule has 0 atom stereocenters. The van der Waals surface area contributed by atoms with Crippen molar-refractivity contribution in [3.05, 3.63) is 219 Å². The summed E-state index contributed by atoms with van der Waals surface area (Å²) in [4.78, 5) is -1.33. The van der Waals surface area contributed by atoms with Gasteiger partial charge in [0.15, 0.2) is 46.5 Å². The molecule has 93 heavy (non-hydrogen) atoms. The van der Waals surface area contributed by atoms with Crippen LogP contribution in [0.1, 0.15) is 16.7 Å². The number of terminal acetylenes is 1. The maximum atomic E-state index is 15.7. The number of rotatable bonds is 16. The summed E-state index contributed by atoms with van der Waals surface area (Å²) in [5, 5.41) is 0. The molecule has 0 aliphatic rings. The molecule has 9 rings (SSSR count). The van der Waals surface area contributed by atoms with Gasteiger partial charge in [0, 0.05) is 17.2 Å². The van der Waals surface area contributed by atoms with Crippen LogP contribution in [0.3, 0.4) is 0 Å². The summed E-state index contributed by atoms with van der Waals surface area (Å²) in [7, 11) is -3.17. The van der Waals surface area contributed by atoms with Crippen LogP contribution >= 0.6 is 0 Å². The van der Waals surface area contributed by atoms with E-state index in [-0.39, 0.29) is 65.6 Å². The van der Waals surface area contributed by atoms with Crippen LogP contribution < -0.4 is 28.4 Å².